The van der Waals surface area contributed by atoms with Crippen molar-refractivity contribution in [2.45, 2.75) is 25.4 Å². The Labute approximate surface area is 125 Å². The van der Waals surface area contributed by atoms with Gasteiger partial charge < -0.3 is 4.74 Å². The second-order valence-corrected chi connectivity index (χ2v) is 7.05. The number of aryl methyl sites for hydroxylation is 1. The van der Waals surface area contributed by atoms with Gasteiger partial charge in [-0.25, -0.2) is 22.9 Å². The van der Waals surface area contributed by atoms with E-state index in [1.807, 2.05) is 6.92 Å². The maximum Gasteiger partial charge on any atom is 0.342 e. The fourth-order valence-electron chi connectivity index (χ4n) is 1.55. The molecule has 21 heavy (non-hydrogen) atoms. The van der Waals surface area contributed by atoms with Crippen molar-refractivity contribution in [2.24, 2.45) is 0 Å². The van der Waals surface area contributed by atoms with E-state index in [4.69, 9.17) is 4.74 Å². The summed E-state index contributed by atoms with van der Waals surface area (Å²) < 4.78 is 31.5. The van der Waals surface area contributed by atoms with Crippen LogP contribution in [0.2, 0.25) is 0 Å². The maximum atomic E-state index is 12.2. The number of carbonyl (C=O) groups is 1. The van der Waals surface area contributed by atoms with Gasteiger partial charge in [-0.05, 0) is 13.8 Å². The molecule has 0 amide bonds. The number of hydrogen-bond acceptors (Lipinski definition) is 7. The van der Waals surface area contributed by atoms with E-state index >= 15 is 0 Å². The summed E-state index contributed by atoms with van der Waals surface area (Å²) in [6.07, 6.45) is 2.79. The molecule has 0 spiro atoms. The van der Waals surface area contributed by atoms with Crippen LogP contribution < -0.4 is 4.72 Å². The van der Waals surface area contributed by atoms with Gasteiger partial charge in [0.1, 0.15) is 10.6 Å². The summed E-state index contributed by atoms with van der Waals surface area (Å²) in [6.45, 7) is 3.70. The fourth-order valence-corrected chi connectivity index (χ4v) is 3.43. The summed E-state index contributed by atoms with van der Waals surface area (Å²) >= 11 is 1.39. The zero-order chi connectivity index (χ0) is 15.5. The van der Waals surface area contributed by atoms with Crippen LogP contribution in [0.5, 0.6) is 0 Å². The second kappa shape index (κ2) is 6.33. The topological polar surface area (TPSA) is 114 Å². The van der Waals surface area contributed by atoms with Crippen LogP contribution in [0.1, 0.15) is 27.2 Å². The molecule has 0 saturated carbocycles. The predicted octanol–water partition coefficient (Wildman–Crippen LogP) is 0.830. The van der Waals surface area contributed by atoms with Crippen molar-refractivity contribution in [3.8, 4) is 0 Å². The van der Waals surface area contributed by atoms with E-state index in [1.54, 1.807) is 13.1 Å². The lowest BCUT2D eigenvalue weighted by molar-refractivity contribution is 0.0522. The number of thiazole rings is 1. The molecule has 0 aliphatic heterocycles. The van der Waals surface area contributed by atoms with E-state index in [9.17, 15) is 13.2 Å². The van der Waals surface area contributed by atoms with Crippen LogP contribution in [0, 0.1) is 6.92 Å². The van der Waals surface area contributed by atoms with E-state index in [1.165, 1.54) is 11.3 Å². The molecule has 0 bridgehead atoms. The van der Waals surface area contributed by atoms with E-state index in [-0.39, 0.29) is 23.7 Å². The molecule has 2 heterocycles. The van der Waals surface area contributed by atoms with Crippen LogP contribution in [0.4, 0.5) is 0 Å². The van der Waals surface area contributed by atoms with Crippen LogP contribution in [-0.4, -0.2) is 36.2 Å². The molecule has 8 nitrogen and oxygen atoms in total. The van der Waals surface area contributed by atoms with Crippen LogP contribution >= 0.6 is 11.3 Å². The third-order valence-electron chi connectivity index (χ3n) is 2.45. The minimum absolute atomic E-state index is 0.0438. The number of ether oxygens (including phenoxy) is 1. The first kappa shape index (κ1) is 15.6. The molecule has 0 aliphatic carbocycles. The highest BCUT2D eigenvalue weighted by Gasteiger charge is 2.25. The Hall–Kier alpha value is -1.78. The quantitative estimate of drug-likeness (QED) is 0.758. The minimum atomic E-state index is -3.90. The van der Waals surface area contributed by atoms with Crippen molar-refractivity contribution in [3.05, 3.63) is 27.8 Å². The average molecular weight is 330 g/mol. The first-order valence-corrected chi connectivity index (χ1v) is 8.35. The molecule has 0 saturated heterocycles. The first-order valence-electron chi connectivity index (χ1n) is 6.05. The molecule has 0 fully saturated rings. The van der Waals surface area contributed by atoms with E-state index in [2.05, 4.69) is 19.9 Å². The van der Waals surface area contributed by atoms with Crippen molar-refractivity contribution in [3.63, 3.8) is 0 Å². The number of carbonyl (C=O) groups excluding carboxylic acids is 1. The second-order valence-electron chi connectivity index (χ2n) is 4.02. The lowest BCUT2D eigenvalue weighted by atomic mass is 10.4. The Morgan fingerprint density at radius 3 is 2.86 bits per heavy atom. The highest BCUT2D eigenvalue weighted by Crippen LogP contribution is 2.15. The van der Waals surface area contributed by atoms with E-state index in [0.29, 0.717) is 5.01 Å². The maximum absolute atomic E-state index is 12.2. The number of aromatic amines is 1. The minimum Gasteiger partial charge on any atom is -0.462 e. The molecule has 0 aromatic carbocycles. The number of esters is 1. The summed E-state index contributed by atoms with van der Waals surface area (Å²) in [5.74, 6) is -0.739. The molecule has 114 valence electrons. The Morgan fingerprint density at radius 1 is 1.48 bits per heavy atom. The van der Waals surface area contributed by atoms with Crippen molar-refractivity contribution >= 4 is 27.3 Å². The van der Waals surface area contributed by atoms with Crippen LogP contribution in [0.25, 0.3) is 0 Å². The van der Waals surface area contributed by atoms with Crippen molar-refractivity contribution in [1.82, 2.24) is 19.9 Å². The number of H-pyrrole nitrogens is 1. The number of rotatable bonds is 6. The molecule has 0 aliphatic rings. The Balaban J connectivity index is 2.16. The monoisotopic (exact) mass is 330 g/mol. The smallest absolute Gasteiger partial charge is 0.342 e. The predicted molar refractivity (Wildman–Crippen MR) is 75.4 cm³/mol. The number of aromatic nitrogens is 3. The summed E-state index contributed by atoms with van der Waals surface area (Å²) in [7, 11) is -3.90. The van der Waals surface area contributed by atoms with Gasteiger partial charge in [-0.2, -0.15) is 5.10 Å². The number of hydrogen-bond donors (Lipinski definition) is 2. The molecule has 2 N–H and O–H groups in total. The standard InChI is InChI=1S/C11H14N4O4S2/c1-3-19-11(16)8-5-13-15-10(8)21(17,18)14-6-9-12-4-7(2)20-9/h4-5,14H,3,6H2,1-2H3,(H,13,15). The van der Waals surface area contributed by atoms with E-state index in [0.717, 1.165) is 11.1 Å². The third-order valence-corrected chi connectivity index (χ3v) is 4.74. The lowest BCUT2D eigenvalue weighted by Gasteiger charge is -2.05. The highest BCUT2D eigenvalue weighted by atomic mass is 32.2. The summed E-state index contributed by atoms with van der Waals surface area (Å²) in [4.78, 5) is 16.7. The summed E-state index contributed by atoms with van der Waals surface area (Å²) in [5, 5.41) is 6.22. The number of nitrogens with one attached hydrogen (secondary N) is 2. The van der Waals surface area contributed by atoms with Gasteiger partial charge in [0.05, 0.1) is 19.3 Å². The van der Waals surface area contributed by atoms with Crippen molar-refractivity contribution in [2.75, 3.05) is 6.61 Å². The number of nitrogens with zero attached hydrogens (tertiary/aromatic N) is 2. The zero-order valence-corrected chi connectivity index (χ0v) is 13.0. The number of sulfonamides is 1. The average Bonchev–Trinajstić information content (AvgIpc) is 3.05. The van der Waals surface area contributed by atoms with E-state index < -0.39 is 16.0 Å². The molecule has 2 rings (SSSR count). The Kier molecular flexibility index (Phi) is 4.70. The van der Waals surface area contributed by atoms with Gasteiger partial charge in [0.15, 0.2) is 5.03 Å². The van der Waals surface area contributed by atoms with Crippen molar-refractivity contribution in [1.29, 1.82) is 0 Å². The third kappa shape index (κ3) is 3.65. The SMILES string of the molecule is CCOC(=O)c1cn[nH]c1S(=O)(=O)NCc1ncc(C)s1. The molecule has 2 aromatic heterocycles. The zero-order valence-electron chi connectivity index (χ0n) is 11.4. The normalized spacial score (nSPS) is 11.5. The highest BCUT2D eigenvalue weighted by molar-refractivity contribution is 7.89. The van der Waals surface area contributed by atoms with Crippen LogP contribution in [0.3, 0.4) is 0 Å². The molecular formula is C11H14N4O4S2. The van der Waals surface area contributed by atoms with Crippen LogP contribution in [0.15, 0.2) is 17.4 Å². The van der Waals surface area contributed by atoms with Gasteiger partial charge in [0.25, 0.3) is 10.0 Å². The molecular weight excluding hydrogens is 316 g/mol. The molecule has 2 aromatic rings. The summed E-state index contributed by atoms with van der Waals surface area (Å²) in [5.41, 5.74) is -0.125. The van der Waals surface area contributed by atoms with Crippen LogP contribution in [-0.2, 0) is 21.3 Å². The van der Waals surface area contributed by atoms with Crippen molar-refractivity contribution < 1.29 is 17.9 Å². The van der Waals surface area contributed by atoms with Gasteiger partial charge in [-0.3, -0.25) is 5.10 Å². The molecule has 0 radical (unpaired) electrons. The van der Waals surface area contributed by atoms with Gasteiger partial charge >= 0.3 is 5.97 Å². The Bertz CT molecular complexity index is 735. The van der Waals surface area contributed by atoms with Gasteiger partial charge in [-0.15, -0.1) is 11.3 Å². The molecule has 10 heteroatoms. The Morgan fingerprint density at radius 2 is 2.24 bits per heavy atom. The van der Waals surface area contributed by atoms with Gasteiger partial charge in [0, 0.05) is 11.1 Å². The summed E-state index contributed by atoms with van der Waals surface area (Å²) in [6, 6.07) is 0. The molecule has 0 atom stereocenters. The van der Waals surface area contributed by atoms with Gasteiger partial charge in [-0.1, -0.05) is 0 Å². The van der Waals surface area contributed by atoms with Gasteiger partial charge in [0.2, 0.25) is 0 Å². The first-order chi connectivity index (χ1) is 9.94. The molecule has 0 unspecified atom stereocenters. The largest absolute Gasteiger partial charge is 0.462 e. The fraction of sp³-hybridized carbons (Fsp3) is 0.364. The lowest BCUT2D eigenvalue weighted by Crippen LogP contribution is -2.25.